The van der Waals surface area contributed by atoms with Crippen LogP contribution >= 0.6 is 27.5 Å². The van der Waals surface area contributed by atoms with Crippen LogP contribution in [0.15, 0.2) is 22.7 Å². The van der Waals surface area contributed by atoms with Gasteiger partial charge in [0.15, 0.2) is 0 Å². The average Bonchev–Trinajstić information content (AvgIpc) is 2.20. The van der Waals surface area contributed by atoms with Crippen LogP contribution in [0.1, 0.15) is 24.8 Å². The van der Waals surface area contributed by atoms with E-state index in [-0.39, 0.29) is 0 Å². The fourth-order valence-corrected chi connectivity index (χ4v) is 2.33. The van der Waals surface area contributed by atoms with Gasteiger partial charge in [-0.15, -0.1) is 11.6 Å². The molecule has 1 aromatic rings. The predicted molar refractivity (Wildman–Crippen MR) is 64.4 cm³/mol. The first-order chi connectivity index (χ1) is 6.72. The standard InChI is InChI=1S/C11H14BrClO/c1-3-8(7-13)9-4-5-11(14-2)10(12)6-9/h4-6,8H,3,7H2,1-2H3. The highest BCUT2D eigenvalue weighted by Gasteiger charge is 2.09. The van der Waals surface area contributed by atoms with E-state index in [1.807, 2.05) is 6.07 Å². The maximum absolute atomic E-state index is 5.88. The molecule has 0 fully saturated rings. The third kappa shape index (κ3) is 2.64. The first kappa shape index (κ1) is 11.9. The van der Waals surface area contributed by atoms with Gasteiger partial charge in [0.2, 0.25) is 0 Å². The van der Waals surface area contributed by atoms with Crippen molar-refractivity contribution in [2.75, 3.05) is 13.0 Å². The summed E-state index contributed by atoms with van der Waals surface area (Å²) in [6, 6.07) is 6.12. The lowest BCUT2D eigenvalue weighted by molar-refractivity contribution is 0.412. The fourth-order valence-electron chi connectivity index (χ4n) is 1.37. The monoisotopic (exact) mass is 276 g/mol. The van der Waals surface area contributed by atoms with Crippen molar-refractivity contribution >= 4 is 27.5 Å². The van der Waals surface area contributed by atoms with Gasteiger partial charge >= 0.3 is 0 Å². The highest BCUT2D eigenvalue weighted by molar-refractivity contribution is 9.10. The molecular weight excluding hydrogens is 263 g/mol. The van der Waals surface area contributed by atoms with Crippen LogP contribution in [0.4, 0.5) is 0 Å². The fraction of sp³-hybridized carbons (Fsp3) is 0.455. The summed E-state index contributed by atoms with van der Waals surface area (Å²) in [4.78, 5) is 0. The van der Waals surface area contributed by atoms with Gasteiger partial charge in [0.05, 0.1) is 11.6 Å². The zero-order chi connectivity index (χ0) is 10.6. The van der Waals surface area contributed by atoms with Gasteiger partial charge in [0.25, 0.3) is 0 Å². The van der Waals surface area contributed by atoms with Crippen molar-refractivity contribution in [3.8, 4) is 5.75 Å². The van der Waals surface area contributed by atoms with Gasteiger partial charge in [-0.2, -0.15) is 0 Å². The van der Waals surface area contributed by atoms with Gasteiger partial charge < -0.3 is 4.74 Å². The molecular formula is C11H14BrClO. The van der Waals surface area contributed by atoms with E-state index in [0.717, 1.165) is 16.6 Å². The summed E-state index contributed by atoms with van der Waals surface area (Å²) in [6.07, 6.45) is 1.06. The van der Waals surface area contributed by atoms with Crippen molar-refractivity contribution in [1.82, 2.24) is 0 Å². The Kier molecular flexibility index (Phi) is 4.76. The summed E-state index contributed by atoms with van der Waals surface area (Å²) < 4.78 is 6.15. The smallest absolute Gasteiger partial charge is 0.133 e. The molecule has 1 nitrogen and oxygen atoms in total. The summed E-state index contributed by atoms with van der Waals surface area (Å²) in [6.45, 7) is 2.14. The van der Waals surface area contributed by atoms with E-state index >= 15 is 0 Å². The Morgan fingerprint density at radius 3 is 2.64 bits per heavy atom. The second-order valence-electron chi connectivity index (χ2n) is 3.15. The van der Waals surface area contributed by atoms with Crippen LogP contribution in [0.2, 0.25) is 0 Å². The van der Waals surface area contributed by atoms with Crippen LogP contribution < -0.4 is 4.74 Å². The molecule has 3 heteroatoms. The molecule has 14 heavy (non-hydrogen) atoms. The van der Waals surface area contributed by atoms with Gasteiger partial charge in [-0.3, -0.25) is 0 Å². The number of hydrogen-bond acceptors (Lipinski definition) is 1. The minimum atomic E-state index is 0.430. The topological polar surface area (TPSA) is 9.23 Å². The molecule has 0 aliphatic carbocycles. The second kappa shape index (κ2) is 5.62. The molecule has 0 spiro atoms. The molecule has 1 aromatic carbocycles. The first-order valence-electron chi connectivity index (χ1n) is 4.62. The number of rotatable bonds is 4. The Morgan fingerprint density at radius 1 is 1.50 bits per heavy atom. The summed E-state index contributed by atoms with van der Waals surface area (Å²) >= 11 is 9.35. The van der Waals surface area contributed by atoms with Crippen LogP contribution in [-0.2, 0) is 0 Å². The van der Waals surface area contributed by atoms with Crippen LogP contribution in [0.25, 0.3) is 0 Å². The summed E-state index contributed by atoms with van der Waals surface area (Å²) in [7, 11) is 1.67. The van der Waals surface area contributed by atoms with Gasteiger partial charge in [-0.25, -0.2) is 0 Å². The van der Waals surface area contributed by atoms with E-state index in [0.29, 0.717) is 11.8 Å². The van der Waals surface area contributed by atoms with Gasteiger partial charge in [-0.1, -0.05) is 13.0 Å². The number of halogens is 2. The maximum Gasteiger partial charge on any atom is 0.133 e. The van der Waals surface area contributed by atoms with Crippen molar-refractivity contribution in [3.05, 3.63) is 28.2 Å². The van der Waals surface area contributed by atoms with E-state index < -0.39 is 0 Å². The van der Waals surface area contributed by atoms with E-state index in [4.69, 9.17) is 16.3 Å². The third-order valence-corrected chi connectivity index (χ3v) is 3.32. The molecule has 0 amide bonds. The van der Waals surface area contributed by atoms with Crippen LogP contribution in [0.3, 0.4) is 0 Å². The zero-order valence-electron chi connectivity index (χ0n) is 8.39. The molecule has 1 rings (SSSR count). The van der Waals surface area contributed by atoms with E-state index in [1.54, 1.807) is 7.11 Å². The van der Waals surface area contributed by atoms with Gasteiger partial charge in [0, 0.05) is 5.88 Å². The Balaban J connectivity index is 2.95. The number of alkyl halides is 1. The quantitative estimate of drug-likeness (QED) is 0.750. The Bertz CT molecular complexity index is 297. The van der Waals surface area contributed by atoms with Crippen molar-refractivity contribution < 1.29 is 4.74 Å². The number of methoxy groups -OCH3 is 1. The number of hydrogen-bond donors (Lipinski definition) is 0. The lowest BCUT2D eigenvalue weighted by atomic mass is 9.98. The zero-order valence-corrected chi connectivity index (χ0v) is 10.7. The van der Waals surface area contributed by atoms with Crippen LogP contribution in [0, 0.1) is 0 Å². The molecule has 1 atom stereocenters. The largest absolute Gasteiger partial charge is 0.496 e. The highest BCUT2D eigenvalue weighted by Crippen LogP contribution is 2.30. The predicted octanol–water partition coefficient (Wildman–Crippen LogP) is 4.19. The molecule has 0 saturated carbocycles. The summed E-state index contributed by atoms with van der Waals surface area (Å²) in [5, 5.41) is 0. The summed E-state index contributed by atoms with van der Waals surface area (Å²) in [5.41, 5.74) is 1.26. The molecule has 0 aromatic heterocycles. The van der Waals surface area contributed by atoms with Crippen molar-refractivity contribution in [1.29, 1.82) is 0 Å². The normalized spacial score (nSPS) is 12.6. The molecule has 0 N–H and O–H groups in total. The number of benzene rings is 1. The molecule has 0 aliphatic rings. The Morgan fingerprint density at radius 2 is 2.21 bits per heavy atom. The average molecular weight is 278 g/mol. The minimum absolute atomic E-state index is 0.430. The number of ether oxygens (including phenoxy) is 1. The lowest BCUT2D eigenvalue weighted by Crippen LogP contribution is -1.99. The third-order valence-electron chi connectivity index (χ3n) is 2.33. The van der Waals surface area contributed by atoms with Crippen LogP contribution in [0.5, 0.6) is 5.75 Å². The summed E-state index contributed by atoms with van der Waals surface area (Å²) in [5.74, 6) is 1.95. The van der Waals surface area contributed by atoms with E-state index in [9.17, 15) is 0 Å². The van der Waals surface area contributed by atoms with Crippen molar-refractivity contribution in [2.45, 2.75) is 19.3 Å². The van der Waals surface area contributed by atoms with Crippen molar-refractivity contribution in [3.63, 3.8) is 0 Å². The highest BCUT2D eigenvalue weighted by atomic mass is 79.9. The molecule has 0 saturated heterocycles. The van der Waals surface area contributed by atoms with E-state index in [1.165, 1.54) is 5.56 Å². The second-order valence-corrected chi connectivity index (χ2v) is 4.32. The Labute approximate surface area is 98.5 Å². The minimum Gasteiger partial charge on any atom is -0.496 e. The van der Waals surface area contributed by atoms with Crippen LogP contribution in [-0.4, -0.2) is 13.0 Å². The molecule has 0 heterocycles. The van der Waals surface area contributed by atoms with Crippen molar-refractivity contribution in [2.24, 2.45) is 0 Å². The SMILES string of the molecule is CCC(CCl)c1ccc(OC)c(Br)c1. The lowest BCUT2D eigenvalue weighted by Gasteiger charge is -2.13. The van der Waals surface area contributed by atoms with Gasteiger partial charge in [0.1, 0.15) is 5.75 Å². The molecule has 0 radical (unpaired) electrons. The molecule has 1 unspecified atom stereocenters. The van der Waals surface area contributed by atoms with E-state index in [2.05, 4.69) is 35.0 Å². The van der Waals surface area contributed by atoms with Gasteiger partial charge in [-0.05, 0) is 46.0 Å². The maximum atomic E-state index is 5.88. The molecule has 78 valence electrons. The molecule has 0 bridgehead atoms. The molecule has 0 aliphatic heterocycles. The first-order valence-corrected chi connectivity index (χ1v) is 5.95. The Hall–Kier alpha value is -0.210.